The van der Waals surface area contributed by atoms with Crippen LogP contribution in [0.1, 0.15) is 56.7 Å². The summed E-state index contributed by atoms with van der Waals surface area (Å²) < 4.78 is 0. The normalized spacial score (nSPS) is 12.9. The van der Waals surface area contributed by atoms with Crippen LogP contribution in [-0.2, 0) is 4.79 Å². The lowest BCUT2D eigenvalue weighted by atomic mass is 10.00. The van der Waals surface area contributed by atoms with E-state index in [-0.39, 0.29) is 11.9 Å². The van der Waals surface area contributed by atoms with Crippen molar-refractivity contribution in [3.63, 3.8) is 0 Å². The van der Waals surface area contributed by atoms with Gasteiger partial charge in [0.1, 0.15) is 0 Å². The van der Waals surface area contributed by atoms with E-state index in [1.165, 1.54) is 16.0 Å². The molecule has 0 saturated carbocycles. The van der Waals surface area contributed by atoms with E-state index in [1.54, 1.807) is 17.8 Å². The molecule has 0 aliphatic carbocycles. The summed E-state index contributed by atoms with van der Waals surface area (Å²) in [5.74, 6) is -0.0907. The fourth-order valence-electron chi connectivity index (χ4n) is 3.11. The van der Waals surface area contributed by atoms with Gasteiger partial charge in [0.25, 0.3) is 0 Å². The fraction of sp³-hybridized carbons (Fsp3) is 0.400. The Kier molecular flexibility index (Phi) is 8.54. The number of aryl methyl sites for hydroxylation is 2. The fourth-order valence-corrected chi connectivity index (χ4v) is 4.11. The van der Waals surface area contributed by atoms with Crippen molar-refractivity contribution in [2.75, 3.05) is 0 Å². The molecule has 1 atom stereocenters. The second-order valence-electron chi connectivity index (χ2n) is 8.36. The summed E-state index contributed by atoms with van der Waals surface area (Å²) >= 11 is 1.72. The molecule has 0 aliphatic heterocycles. The number of aliphatic hydroxyl groups is 1. The molecule has 1 unspecified atom stereocenters. The van der Waals surface area contributed by atoms with Gasteiger partial charge in [-0.05, 0) is 83.2 Å². The Labute approximate surface area is 179 Å². The topological polar surface area (TPSA) is 49.3 Å². The summed E-state index contributed by atoms with van der Waals surface area (Å²) in [5, 5.41) is 12.8. The maximum absolute atomic E-state index is 12.3. The van der Waals surface area contributed by atoms with Gasteiger partial charge in [0.15, 0.2) is 0 Å². The SMILES string of the molecule is Cc1ccc(Sc2ccccc2/C=C/C(=O)NC(C)CCCC(C)(C)O)c(C)c1. The largest absolute Gasteiger partial charge is 0.390 e. The van der Waals surface area contributed by atoms with Crippen LogP contribution in [0.25, 0.3) is 6.08 Å². The Morgan fingerprint density at radius 3 is 2.59 bits per heavy atom. The Hall–Kier alpha value is -2.04. The zero-order valence-corrected chi connectivity index (χ0v) is 19.0. The summed E-state index contributed by atoms with van der Waals surface area (Å²) in [6, 6.07) is 14.7. The number of nitrogens with one attached hydrogen (secondary N) is 1. The van der Waals surface area contributed by atoms with Gasteiger partial charge in [0.2, 0.25) is 5.91 Å². The molecule has 29 heavy (non-hydrogen) atoms. The van der Waals surface area contributed by atoms with E-state index in [1.807, 2.05) is 45.0 Å². The molecule has 0 heterocycles. The quantitative estimate of drug-likeness (QED) is 0.504. The van der Waals surface area contributed by atoms with Crippen LogP contribution >= 0.6 is 11.8 Å². The lowest BCUT2D eigenvalue weighted by molar-refractivity contribution is -0.117. The third-order valence-electron chi connectivity index (χ3n) is 4.70. The van der Waals surface area contributed by atoms with Crippen molar-refractivity contribution in [2.24, 2.45) is 0 Å². The Morgan fingerprint density at radius 1 is 1.17 bits per heavy atom. The standard InChI is InChI=1S/C25H33NO2S/c1-18-12-14-22(19(2)17-18)29-23-11-7-6-10-21(23)13-15-24(27)26-20(3)9-8-16-25(4,5)28/h6-7,10-15,17,20,28H,8-9,16H2,1-5H3,(H,26,27)/b15-13+. The van der Waals surface area contributed by atoms with Crippen molar-refractivity contribution in [2.45, 2.75) is 75.3 Å². The first kappa shape index (κ1) is 23.2. The van der Waals surface area contributed by atoms with Crippen molar-refractivity contribution in [3.8, 4) is 0 Å². The third-order valence-corrected chi connectivity index (χ3v) is 5.97. The highest BCUT2D eigenvalue weighted by atomic mass is 32.2. The number of hydrogen-bond acceptors (Lipinski definition) is 3. The van der Waals surface area contributed by atoms with Crippen LogP contribution in [0.5, 0.6) is 0 Å². The average Bonchev–Trinajstić information content (AvgIpc) is 2.62. The number of rotatable bonds is 9. The minimum absolute atomic E-state index is 0.0781. The van der Waals surface area contributed by atoms with Gasteiger partial charge < -0.3 is 10.4 Å². The first-order valence-electron chi connectivity index (χ1n) is 10.2. The summed E-state index contributed by atoms with van der Waals surface area (Å²) in [6.45, 7) is 9.85. The lowest BCUT2D eigenvalue weighted by Gasteiger charge is -2.18. The highest BCUT2D eigenvalue weighted by Gasteiger charge is 2.13. The van der Waals surface area contributed by atoms with Crippen molar-refractivity contribution >= 4 is 23.7 Å². The number of hydrogen-bond donors (Lipinski definition) is 2. The van der Waals surface area contributed by atoms with Crippen LogP contribution in [0.3, 0.4) is 0 Å². The molecule has 0 aromatic heterocycles. The molecule has 2 aromatic carbocycles. The molecule has 0 fully saturated rings. The number of carbonyl (C=O) groups is 1. The van der Waals surface area contributed by atoms with Gasteiger partial charge in [-0.25, -0.2) is 0 Å². The molecule has 2 rings (SSSR count). The molecule has 156 valence electrons. The number of benzene rings is 2. The van der Waals surface area contributed by atoms with Crippen molar-refractivity contribution in [1.29, 1.82) is 0 Å². The highest BCUT2D eigenvalue weighted by Crippen LogP contribution is 2.33. The summed E-state index contributed by atoms with van der Waals surface area (Å²) in [6.07, 6.45) is 5.94. The summed E-state index contributed by atoms with van der Waals surface area (Å²) in [5.41, 5.74) is 2.89. The van der Waals surface area contributed by atoms with E-state index in [0.29, 0.717) is 0 Å². The maximum Gasteiger partial charge on any atom is 0.244 e. The van der Waals surface area contributed by atoms with Crippen LogP contribution in [-0.4, -0.2) is 22.7 Å². The van der Waals surface area contributed by atoms with E-state index < -0.39 is 5.60 Å². The molecule has 2 aromatic rings. The lowest BCUT2D eigenvalue weighted by Crippen LogP contribution is -2.31. The molecule has 0 spiro atoms. The molecule has 1 amide bonds. The van der Waals surface area contributed by atoms with Gasteiger partial charge >= 0.3 is 0 Å². The predicted molar refractivity (Wildman–Crippen MR) is 123 cm³/mol. The summed E-state index contributed by atoms with van der Waals surface area (Å²) in [7, 11) is 0. The molecule has 3 nitrogen and oxygen atoms in total. The molecular formula is C25H33NO2S. The van der Waals surface area contributed by atoms with Gasteiger partial charge in [-0.1, -0.05) is 47.7 Å². The van der Waals surface area contributed by atoms with Gasteiger partial charge in [0, 0.05) is 21.9 Å². The molecular weight excluding hydrogens is 378 g/mol. The molecule has 0 bridgehead atoms. The van der Waals surface area contributed by atoms with Gasteiger partial charge in [-0.3, -0.25) is 4.79 Å². The minimum atomic E-state index is -0.652. The molecule has 0 saturated heterocycles. The molecule has 0 radical (unpaired) electrons. The Morgan fingerprint density at radius 2 is 1.90 bits per heavy atom. The predicted octanol–water partition coefficient (Wildman–Crippen LogP) is 5.91. The van der Waals surface area contributed by atoms with Crippen LogP contribution in [0, 0.1) is 13.8 Å². The zero-order chi connectivity index (χ0) is 21.4. The van der Waals surface area contributed by atoms with E-state index in [4.69, 9.17) is 0 Å². The monoisotopic (exact) mass is 411 g/mol. The maximum atomic E-state index is 12.3. The van der Waals surface area contributed by atoms with Crippen LogP contribution in [0.4, 0.5) is 0 Å². The van der Waals surface area contributed by atoms with Crippen LogP contribution in [0.15, 0.2) is 58.3 Å². The average molecular weight is 412 g/mol. The Bertz CT molecular complexity index is 852. The van der Waals surface area contributed by atoms with Crippen molar-refractivity contribution in [3.05, 3.63) is 65.2 Å². The van der Waals surface area contributed by atoms with Gasteiger partial charge in [-0.15, -0.1) is 0 Å². The van der Waals surface area contributed by atoms with E-state index in [9.17, 15) is 9.90 Å². The van der Waals surface area contributed by atoms with Crippen LogP contribution < -0.4 is 5.32 Å². The van der Waals surface area contributed by atoms with E-state index >= 15 is 0 Å². The third kappa shape index (κ3) is 8.46. The minimum Gasteiger partial charge on any atom is -0.390 e. The van der Waals surface area contributed by atoms with Crippen LogP contribution in [0.2, 0.25) is 0 Å². The highest BCUT2D eigenvalue weighted by molar-refractivity contribution is 7.99. The van der Waals surface area contributed by atoms with E-state index in [0.717, 1.165) is 29.7 Å². The molecule has 0 aliphatic rings. The first-order chi connectivity index (χ1) is 13.6. The van der Waals surface area contributed by atoms with Crippen molar-refractivity contribution < 1.29 is 9.90 Å². The summed E-state index contributed by atoms with van der Waals surface area (Å²) in [4.78, 5) is 14.6. The first-order valence-corrected chi connectivity index (χ1v) is 11.0. The van der Waals surface area contributed by atoms with E-state index in [2.05, 4.69) is 43.4 Å². The molecule has 4 heteroatoms. The second-order valence-corrected chi connectivity index (χ2v) is 9.44. The van der Waals surface area contributed by atoms with Gasteiger partial charge in [0.05, 0.1) is 5.60 Å². The number of amides is 1. The molecule has 2 N–H and O–H groups in total. The smallest absolute Gasteiger partial charge is 0.244 e. The second kappa shape index (κ2) is 10.7. The zero-order valence-electron chi connectivity index (χ0n) is 18.2. The Balaban J connectivity index is 1.97. The van der Waals surface area contributed by atoms with Crippen molar-refractivity contribution in [1.82, 2.24) is 5.32 Å². The van der Waals surface area contributed by atoms with Gasteiger partial charge in [-0.2, -0.15) is 0 Å². The number of carbonyl (C=O) groups excluding carboxylic acids is 1.